The second-order valence-electron chi connectivity index (χ2n) is 7.93. The molecule has 0 saturated heterocycles. The van der Waals surface area contributed by atoms with Crippen molar-refractivity contribution in [1.82, 2.24) is 15.5 Å². The summed E-state index contributed by atoms with van der Waals surface area (Å²) in [7, 11) is 0. The van der Waals surface area contributed by atoms with E-state index in [4.69, 9.17) is 9.26 Å². The minimum atomic E-state index is -1.10. The molecule has 1 atom stereocenters. The molecule has 0 bridgehead atoms. The van der Waals surface area contributed by atoms with Crippen molar-refractivity contribution in [2.45, 2.75) is 64.5 Å². The highest BCUT2D eigenvalue weighted by molar-refractivity contribution is 6.07. The van der Waals surface area contributed by atoms with Gasteiger partial charge in [0.1, 0.15) is 6.04 Å². The summed E-state index contributed by atoms with van der Waals surface area (Å²) in [5.41, 5.74) is 1.62. The van der Waals surface area contributed by atoms with Crippen LogP contribution in [0.15, 0.2) is 10.6 Å². The van der Waals surface area contributed by atoms with Gasteiger partial charge >= 0.3 is 5.97 Å². The smallest absolute Gasteiger partial charge is 0.326 e. The Kier molecular flexibility index (Phi) is 5.19. The van der Waals surface area contributed by atoms with Gasteiger partial charge in [-0.3, -0.25) is 4.79 Å². The highest BCUT2D eigenvalue weighted by Gasteiger charge is 2.30. The number of ether oxygens (including phenoxy) is 1. The molecule has 0 radical (unpaired) electrons. The molecule has 8 heteroatoms. The van der Waals surface area contributed by atoms with Crippen LogP contribution in [-0.2, 0) is 9.53 Å². The number of carbonyl (C=O) groups is 2. The third-order valence-electron chi connectivity index (χ3n) is 4.42. The fraction of sp³-hybridized carbons (Fsp3) is 0.579. The monoisotopic (exact) mass is 375 g/mol. The fourth-order valence-corrected chi connectivity index (χ4v) is 2.86. The molecule has 1 unspecified atom stereocenters. The Morgan fingerprint density at radius 2 is 2.11 bits per heavy atom. The van der Waals surface area contributed by atoms with E-state index < -0.39 is 17.9 Å². The maximum Gasteiger partial charge on any atom is 0.326 e. The second-order valence-corrected chi connectivity index (χ2v) is 7.93. The zero-order valence-electron chi connectivity index (χ0n) is 16.0. The number of rotatable bonds is 7. The van der Waals surface area contributed by atoms with Crippen LogP contribution in [0.25, 0.3) is 11.1 Å². The first-order valence-corrected chi connectivity index (χ1v) is 9.10. The number of fused-ring (bicyclic) bond motifs is 1. The van der Waals surface area contributed by atoms with Gasteiger partial charge in [-0.25, -0.2) is 9.78 Å². The number of aryl methyl sites for hydroxylation is 1. The summed E-state index contributed by atoms with van der Waals surface area (Å²) in [4.78, 5) is 28.9. The zero-order valence-corrected chi connectivity index (χ0v) is 16.0. The van der Waals surface area contributed by atoms with E-state index in [0.29, 0.717) is 28.3 Å². The lowest BCUT2D eigenvalue weighted by Gasteiger charge is -2.21. The first-order chi connectivity index (χ1) is 12.7. The van der Waals surface area contributed by atoms with Crippen LogP contribution in [0, 0.1) is 6.92 Å². The number of carboxylic acid groups (broad SMARTS) is 1. The number of aromatic nitrogens is 2. The van der Waals surface area contributed by atoms with Gasteiger partial charge in [0, 0.05) is 24.6 Å². The summed E-state index contributed by atoms with van der Waals surface area (Å²) in [6.45, 7) is 7.63. The van der Waals surface area contributed by atoms with Crippen molar-refractivity contribution in [3.63, 3.8) is 0 Å². The van der Waals surface area contributed by atoms with E-state index in [-0.39, 0.29) is 18.6 Å². The number of carbonyl (C=O) groups excluding carboxylic acids is 1. The molecular formula is C19H25N3O5. The van der Waals surface area contributed by atoms with E-state index >= 15 is 0 Å². The first kappa shape index (κ1) is 19.3. The standard InChI is InChI=1S/C19H25N3O5/c1-10-15-12(9-14(11-5-6-11)21-17(15)27-22-10)16(23)20-13(18(24)25)7-8-26-19(2,3)4/h9,11,13H,5-8H2,1-4H3,(H,20,23)(H,24,25). The average molecular weight is 375 g/mol. The molecular weight excluding hydrogens is 350 g/mol. The van der Waals surface area contributed by atoms with Crippen LogP contribution in [0.1, 0.15) is 67.7 Å². The van der Waals surface area contributed by atoms with Crippen LogP contribution >= 0.6 is 0 Å². The fourth-order valence-electron chi connectivity index (χ4n) is 2.86. The predicted molar refractivity (Wildman–Crippen MR) is 97.7 cm³/mol. The van der Waals surface area contributed by atoms with Gasteiger partial charge in [0.05, 0.1) is 22.2 Å². The number of hydrogen-bond donors (Lipinski definition) is 2. The van der Waals surface area contributed by atoms with Gasteiger partial charge in [-0.05, 0) is 46.6 Å². The van der Waals surface area contributed by atoms with Crippen molar-refractivity contribution in [1.29, 1.82) is 0 Å². The Bertz CT molecular complexity index is 864. The van der Waals surface area contributed by atoms with Crippen LogP contribution < -0.4 is 5.32 Å². The van der Waals surface area contributed by atoms with Gasteiger partial charge in [-0.1, -0.05) is 5.16 Å². The van der Waals surface area contributed by atoms with Crippen molar-refractivity contribution >= 4 is 23.0 Å². The number of amides is 1. The van der Waals surface area contributed by atoms with E-state index in [9.17, 15) is 14.7 Å². The van der Waals surface area contributed by atoms with Crippen molar-refractivity contribution < 1.29 is 24.0 Å². The molecule has 1 fully saturated rings. The third-order valence-corrected chi connectivity index (χ3v) is 4.42. The number of carboxylic acids is 1. The number of nitrogens with one attached hydrogen (secondary N) is 1. The SMILES string of the molecule is Cc1noc2nc(C3CC3)cc(C(=O)NC(CCOC(C)(C)C)C(=O)O)c12. The Hall–Kier alpha value is -2.48. The van der Waals surface area contributed by atoms with Crippen LogP contribution in [0.5, 0.6) is 0 Å². The number of aliphatic carboxylic acids is 1. The highest BCUT2D eigenvalue weighted by Crippen LogP contribution is 2.40. The number of nitrogens with zero attached hydrogens (tertiary/aromatic N) is 2. The highest BCUT2D eigenvalue weighted by atomic mass is 16.5. The van der Waals surface area contributed by atoms with E-state index in [1.54, 1.807) is 13.0 Å². The maximum atomic E-state index is 12.9. The molecule has 1 amide bonds. The number of pyridine rings is 1. The van der Waals surface area contributed by atoms with Gasteiger partial charge in [0.15, 0.2) is 0 Å². The van der Waals surface area contributed by atoms with Crippen LogP contribution in [-0.4, -0.2) is 45.4 Å². The van der Waals surface area contributed by atoms with E-state index in [2.05, 4.69) is 15.5 Å². The molecule has 2 N–H and O–H groups in total. The van der Waals surface area contributed by atoms with E-state index in [1.807, 2.05) is 20.8 Å². The van der Waals surface area contributed by atoms with Crippen molar-refractivity contribution in [3.05, 3.63) is 23.0 Å². The molecule has 2 aromatic rings. The molecule has 1 aliphatic rings. The molecule has 0 aromatic carbocycles. The molecule has 0 aliphatic heterocycles. The van der Waals surface area contributed by atoms with Crippen LogP contribution in [0.4, 0.5) is 0 Å². The van der Waals surface area contributed by atoms with E-state index in [1.165, 1.54) is 0 Å². The number of hydrogen-bond acceptors (Lipinski definition) is 6. The van der Waals surface area contributed by atoms with Crippen molar-refractivity contribution in [3.8, 4) is 0 Å². The molecule has 3 rings (SSSR count). The van der Waals surface area contributed by atoms with Gasteiger partial charge in [-0.15, -0.1) is 0 Å². The summed E-state index contributed by atoms with van der Waals surface area (Å²) in [6, 6.07) is 0.678. The lowest BCUT2D eigenvalue weighted by molar-refractivity contribution is -0.140. The lowest BCUT2D eigenvalue weighted by Crippen LogP contribution is -2.42. The molecule has 146 valence electrons. The molecule has 8 nitrogen and oxygen atoms in total. The Morgan fingerprint density at radius 1 is 1.41 bits per heavy atom. The predicted octanol–water partition coefficient (Wildman–Crippen LogP) is 2.80. The summed E-state index contributed by atoms with van der Waals surface area (Å²) in [6.07, 6.45) is 2.22. The molecule has 27 heavy (non-hydrogen) atoms. The quantitative estimate of drug-likeness (QED) is 0.764. The molecule has 2 aromatic heterocycles. The molecule has 0 spiro atoms. The van der Waals surface area contributed by atoms with Crippen LogP contribution in [0.2, 0.25) is 0 Å². The largest absolute Gasteiger partial charge is 0.480 e. The zero-order chi connectivity index (χ0) is 19.8. The summed E-state index contributed by atoms with van der Waals surface area (Å²) >= 11 is 0. The average Bonchev–Trinajstić information content (AvgIpc) is 3.36. The van der Waals surface area contributed by atoms with Crippen molar-refractivity contribution in [2.24, 2.45) is 0 Å². The third kappa shape index (κ3) is 4.63. The van der Waals surface area contributed by atoms with E-state index in [0.717, 1.165) is 18.5 Å². The molecule has 1 aliphatic carbocycles. The Labute approximate surface area is 157 Å². The summed E-state index contributed by atoms with van der Waals surface area (Å²) in [5.74, 6) is -1.25. The van der Waals surface area contributed by atoms with Crippen molar-refractivity contribution in [2.75, 3.05) is 6.61 Å². The first-order valence-electron chi connectivity index (χ1n) is 9.10. The lowest BCUT2D eigenvalue weighted by atomic mass is 10.1. The Balaban J connectivity index is 1.81. The van der Waals surface area contributed by atoms with Gasteiger partial charge in [0.25, 0.3) is 11.6 Å². The van der Waals surface area contributed by atoms with Crippen LogP contribution in [0.3, 0.4) is 0 Å². The van der Waals surface area contributed by atoms with Gasteiger partial charge in [-0.2, -0.15) is 0 Å². The normalized spacial score (nSPS) is 15.7. The molecule has 2 heterocycles. The second kappa shape index (κ2) is 7.26. The summed E-state index contributed by atoms with van der Waals surface area (Å²) in [5, 5.41) is 16.5. The minimum absolute atomic E-state index is 0.171. The van der Waals surface area contributed by atoms with Gasteiger partial charge < -0.3 is 19.7 Å². The Morgan fingerprint density at radius 3 is 2.70 bits per heavy atom. The molecule has 1 saturated carbocycles. The maximum absolute atomic E-state index is 12.9. The minimum Gasteiger partial charge on any atom is -0.480 e. The van der Waals surface area contributed by atoms with Gasteiger partial charge in [0.2, 0.25) is 0 Å². The summed E-state index contributed by atoms with van der Waals surface area (Å²) < 4.78 is 10.8. The topological polar surface area (TPSA) is 115 Å².